The molecule has 150 valence electrons. The first-order valence-electron chi connectivity index (χ1n) is 11.9. The molecule has 2 heterocycles. The second kappa shape index (κ2) is 9.62. The molecule has 2 fully saturated rings. The Bertz CT molecular complexity index is 658. The number of hydrogen-bond acceptors (Lipinski definition) is 0. The summed E-state index contributed by atoms with van der Waals surface area (Å²) in [6.07, 6.45) is 16.1. The fourth-order valence-corrected chi connectivity index (χ4v) is 11.7. The first-order chi connectivity index (χ1) is 13.8. The molecule has 0 nitrogen and oxygen atoms in total. The predicted octanol–water partition coefficient (Wildman–Crippen LogP) is 6.79. The summed E-state index contributed by atoms with van der Waals surface area (Å²) in [7, 11) is -1.68. The van der Waals surface area contributed by atoms with E-state index in [0.717, 1.165) is 18.3 Å². The van der Waals surface area contributed by atoms with Crippen molar-refractivity contribution in [1.29, 1.82) is 0 Å². The van der Waals surface area contributed by atoms with Crippen LogP contribution in [0.4, 0.5) is 0 Å². The van der Waals surface area contributed by atoms with Crippen LogP contribution in [0.2, 0.25) is 18.0 Å². The molecule has 2 saturated heterocycles. The van der Waals surface area contributed by atoms with Crippen molar-refractivity contribution in [1.82, 2.24) is 0 Å². The summed E-state index contributed by atoms with van der Waals surface area (Å²) in [4.78, 5) is 0. The van der Waals surface area contributed by atoms with Gasteiger partial charge >= 0.3 is 174 Å². The third kappa shape index (κ3) is 4.26. The number of rotatable bonds is 9. The SMILES string of the molecule is CCCC[PH](CCCB1C2CCCC1CC2)(c1ccccc1)c1ccccc1. The zero-order valence-corrected chi connectivity index (χ0v) is 18.8. The van der Waals surface area contributed by atoms with Crippen molar-refractivity contribution in [2.24, 2.45) is 0 Å². The standard InChI is InChI=1S/C26H38BP/c1-2-3-21-28(25-14-6-4-7-15-25,26-16-8-5-9-17-26)22-11-20-27-23-12-10-13-24(27)19-18-23/h4-9,14-17,23-24,28H,2-3,10-13,18-22H2,1H3. The van der Waals surface area contributed by atoms with Crippen molar-refractivity contribution in [2.75, 3.05) is 12.3 Å². The monoisotopic (exact) mass is 392 g/mol. The molecule has 0 spiro atoms. The van der Waals surface area contributed by atoms with E-state index >= 15 is 0 Å². The molecule has 0 aromatic heterocycles. The van der Waals surface area contributed by atoms with Crippen LogP contribution in [0.3, 0.4) is 0 Å². The van der Waals surface area contributed by atoms with Crippen LogP contribution in [0.15, 0.2) is 60.7 Å². The number of benzene rings is 2. The van der Waals surface area contributed by atoms with Crippen LogP contribution >= 0.6 is 7.26 Å². The number of fused-ring (bicyclic) bond motifs is 2. The molecule has 2 bridgehead atoms. The van der Waals surface area contributed by atoms with E-state index in [0.29, 0.717) is 0 Å². The van der Waals surface area contributed by atoms with Gasteiger partial charge in [0.1, 0.15) is 0 Å². The normalized spacial score (nSPS) is 22.4. The van der Waals surface area contributed by atoms with Crippen molar-refractivity contribution in [3.63, 3.8) is 0 Å². The Kier molecular flexibility index (Phi) is 6.95. The molecular weight excluding hydrogens is 354 g/mol. The first kappa shape index (κ1) is 20.2. The van der Waals surface area contributed by atoms with Crippen molar-refractivity contribution in [3.8, 4) is 0 Å². The van der Waals surface area contributed by atoms with E-state index in [1.807, 2.05) is 0 Å². The molecule has 0 amide bonds. The molecule has 0 saturated carbocycles. The molecule has 2 atom stereocenters. The van der Waals surface area contributed by atoms with E-state index < -0.39 is 7.26 Å². The molecule has 2 aliphatic heterocycles. The van der Waals surface area contributed by atoms with Gasteiger partial charge in [0.15, 0.2) is 0 Å². The molecule has 4 rings (SSSR count). The third-order valence-corrected chi connectivity index (χ3v) is 13.3. The molecule has 2 unspecified atom stereocenters. The van der Waals surface area contributed by atoms with Crippen LogP contribution in [-0.2, 0) is 0 Å². The summed E-state index contributed by atoms with van der Waals surface area (Å²) in [5, 5.41) is 3.34. The molecule has 0 aliphatic carbocycles. The van der Waals surface area contributed by atoms with Gasteiger partial charge in [-0.1, -0.05) is 0 Å². The van der Waals surface area contributed by atoms with Gasteiger partial charge in [-0.05, 0) is 0 Å². The van der Waals surface area contributed by atoms with E-state index in [4.69, 9.17) is 0 Å². The van der Waals surface area contributed by atoms with E-state index in [1.54, 1.807) is 10.6 Å². The molecule has 2 aliphatic rings. The Morgan fingerprint density at radius 3 is 1.82 bits per heavy atom. The summed E-state index contributed by atoms with van der Waals surface area (Å²) in [6.45, 7) is 3.41. The maximum absolute atomic E-state index is 2.44. The van der Waals surface area contributed by atoms with Gasteiger partial charge in [-0.15, -0.1) is 0 Å². The Morgan fingerprint density at radius 1 is 0.750 bits per heavy atom. The Hall–Kier alpha value is -1.07. The molecule has 28 heavy (non-hydrogen) atoms. The average Bonchev–Trinajstić information content (AvgIpc) is 2.97. The molecule has 2 heteroatoms. The van der Waals surface area contributed by atoms with Crippen molar-refractivity contribution in [2.45, 2.75) is 76.2 Å². The van der Waals surface area contributed by atoms with Crippen LogP contribution in [0.5, 0.6) is 0 Å². The second-order valence-corrected chi connectivity index (χ2v) is 13.8. The van der Waals surface area contributed by atoms with Crippen LogP contribution in [0, 0.1) is 0 Å². The third-order valence-electron chi connectivity index (χ3n) is 8.02. The molecule has 0 radical (unpaired) electrons. The van der Waals surface area contributed by atoms with Gasteiger partial charge in [0.05, 0.1) is 0 Å². The first-order valence-corrected chi connectivity index (χ1v) is 14.4. The van der Waals surface area contributed by atoms with E-state index in [9.17, 15) is 0 Å². The van der Waals surface area contributed by atoms with E-state index in [-0.39, 0.29) is 0 Å². The van der Waals surface area contributed by atoms with Gasteiger partial charge in [-0.25, -0.2) is 0 Å². The van der Waals surface area contributed by atoms with Crippen molar-refractivity contribution < 1.29 is 0 Å². The Labute approximate surface area is 173 Å². The zero-order valence-electron chi connectivity index (χ0n) is 17.8. The van der Waals surface area contributed by atoms with Gasteiger partial charge in [0.25, 0.3) is 0 Å². The second-order valence-electron chi connectivity index (χ2n) is 9.50. The summed E-state index contributed by atoms with van der Waals surface area (Å²) >= 11 is 0. The number of hydrogen-bond donors (Lipinski definition) is 0. The predicted molar refractivity (Wildman–Crippen MR) is 131 cm³/mol. The van der Waals surface area contributed by atoms with Crippen molar-refractivity contribution in [3.05, 3.63) is 60.7 Å². The fraction of sp³-hybridized carbons (Fsp3) is 0.538. The maximum atomic E-state index is 2.44. The Balaban J connectivity index is 1.57. The van der Waals surface area contributed by atoms with Crippen LogP contribution < -0.4 is 10.6 Å². The quantitative estimate of drug-likeness (QED) is 0.326. The fourth-order valence-electron chi connectivity index (χ4n) is 6.57. The molecular formula is C26H38BP. The minimum absolute atomic E-state index is 1.05. The van der Waals surface area contributed by atoms with E-state index in [2.05, 4.69) is 67.6 Å². The summed E-state index contributed by atoms with van der Waals surface area (Å²) in [5.74, 6) is 2.14. The van der Waals surface area contributed by atoms with Gasteiger partial charge in [0.2, 0.25) is 0 Å². The summed E-state index contributed by atoms with van der Waals surface area (Å²) in [6, 6.07) is 23.2. The minimum atomic E-state index is -1.68. The van der Waals surface area contributed by atoms with Gasteiger partial charge < -0.3 is 0 Å². The topological polar surface area (TPSA) is 0 Å². The van der Waals surface area contributed by atoms with Crippen LogP contribution in [0.1, 0.15) is 58.3 Å². The average molecular weight is 392 g/mol. The zero-order chi connectivity index (χ0) is 19.2. The number of unbranched alkanes of at least 4 members (excludes halogenated alkanes) is 1. The van der Waals surface area contributed by atoms with Gasteiger partial charge in [0, 0.05) is 0 Å². The van der Waals surface area contributed by atoms with Crippen LogP contribution in [0.25, 0.3) is 0 Å². The Morgan fingerprint density at radius 2 is 1.29 bits per heavy atom. The molecule has 0 N–H and O–H groups in total. The van der Waals surface area contributed by atoms with E-state index in [1.165, 1.54) is 70.0 Å². The molecule has 2 aromatic rings. The summed E-state index contributed by atoms with van der Waals surface area (Å²) < 4.78 is 0. The van der Waals surface area contributed by atoms with Gasteiger partial charge in [-0.3, -0.25) is 0 Å². The van der Waals surface area contributed by atoms with Gasteiger partial charge in [-0.2, -0.15) is 0 Å². The molecule has 2 aromatic carbocycles. The summed E-state index contributed by atoms with van der Waals surface area (Å²) in [5.41, 5.74) is 0. The van der Waals surface area contributed by atoms with Crippen molar-refractivity contribution >= 4 is 24.6 Å². The van der Waals surface area contributed by atoms with Crippen LogP contribution in [-0.4, -0.2) is 19.0 Å².